The highest BCUT2D eigenvalue weighted by atomic mass is 16.4. The average molecular weight is 327 g/mol. The normalized spacial score (nSPS) is 17.3. The molecule has 1 unspecified atom stereocenters. The number of anilines is 1. The largest absolute Gasteiger partial charge is 0.478 e. The van der Waals surface area contributed by atoms with Crippen LogP contribution in [0.5, 0.6) is 0 Å². The average Bonchev–Trinajstić information content (AvgIpc) is 2.84. The van der Waals surface area contributed by atoms with E-state index in [9.17, 15) is 14.7 Å². The second-order valence-electron chi connectivity index (χ2n) is 7.18. The molecule has 0 spiro atoms. The zero-order chi connectivity index (χ0) is 17.6. The summed E-state index contributed by atoms with van der Waals surface area (Å²) in [6.45, 7) is 6.19. The number of hydrogen-bond donors (Lipinski definition) is 2. The number of benzene rings is 1. The van der Waals surface area contributed by atoms with Gasteiger partial charge in [0.1, 0.15) is 5.82 Å². The number of amides is 1. The number of nitrogens with one attached hydrogen (secondary N) is 1. The number of aryl methyl sites for hydroxylation is 1. The minimum absolute atomic E-state index is 0.129. The van der Waals surface area contributed by atoms with Crippen molar-refractivity contribution in [1.29, 1.82) is 0 Å². The predicted octanol–water partition coefficient (Wildman–Crippen LogP) is 2.89. The molecule has 0 aliphatic carbocycles. The Morgan fingerprint density at radius 3 is 2.62 bits per heavy atom. The molecule has 1 aliphatic heterocycles. The van der Waals surface area contributed by atoms with E-state index in [1.807, 2.05) is 0 Å². The summed E-state index contributed by atoms with van der Waals surface area (Å²) in [7, 11) is 1.79. The number of carboxylic acid groups (broad SMARTS) is 1. The van der Waals surface area contributed by atoms with E-state index >= 15 is 0 Å². The summed E-state index contributed by atoms with van der Waals surface area (Å²) in [5.41, 5.74) is 2.46. The summed E-state index contributed by atoms with van der Waals surface area (Å²) in [4.78, 5) is 23.8. The van der Waals surface area contributed by atoms with Gasteiger partial charge in [-0.05, 0) is 11.6 Å². The zero-order valence-corrected chi connectivity index (χ0v) is 14.3. The van der Waals surface area contributed by atoms with Crippen LogP contribution < -0.4 is 5.32 Å². The molecule has 1 amide bonds. The maximum Gasteiger partial charge on any atom is 0.335 e. The molecule has 2 aromatic rings. The van der Waals surface area contributed by atoms with Crippen LogP contribution in [0.15, 0.2) is 24.3 Å². The van der Waals surface area contributed by atoms with Crippen molar-refractivity contribution in [3.63, 3.8) is 0 Å². The van der Waals surface area contributed by atoms with Gasteiger partial charge in [-0.1, -0.05) is 39.0 Å². The van der Waals surface area contributed by atoms with Crippen LogP contribution in [-0.2, 0) is 17.3 Å². The molecule has 24 heavy (non-hydrogen) atoms. The molecule has 0 saturated carbocycles. The molecule has 1 aromatic heterocycles. The molecule has 0 radical (unpaired) electrons. The summed E-state index contributed by atoms with van der Waals surface area (Å²) in [6.07, 6.45) is 0.214. The highest BCUT2D eigenvalue weighted by Crippen LogP contribution is 2.43. The Balaban J connectivity index is 2.27. The monoisotopic (exact) mass is 327 g/mol. The molecule has 0 saturated heterocycles. The summed E-state index contributed by atoms with van der Waals surface area (Å²) in [6, 6.07) is 6.87. The molecule has 3 rings (SSSR count). The molecule has 2 N–H and O–H groups in total. The van der Waals surface area contributed by atoms with Crippen molar-refractivity contribution in [3.8, 4) is 0 Å². The van der Waals surface area contributed by atoms with Gasteiger partial charge in [0.15, 0.2) is 0 Å². The van der Waals surface area contributed by atoms with E-state index in [0.717, 1.165) is 11.3 Å². The van der Waals surface area contributed by atoms with Crippen LogP contribution in [0.25, 0.3) is 0 Å². The van der Waals surface area contributed by atoms with Gasteiger partial charge in [0.2, 0.25) is 5.91 Å². The quantitative estimate of drug-likeness (QED) is 0.888. The summed E-state index contributed by atoms with van der Waals surface area (Å²) in [5.74, 6) is -0.777. The molecule has 0 fully saturated rings. The third kappa shape index (κ3) is 2.58. The number of aromatic carboxylic acids is 1. The van der Waals surface area contributed by atoms with Gasteiger partial charge in [0.05, 0.1) is 11.3 Å². The number of nitrogens with zero attached hydrogens (tertiary/aromatic N) is 2. The van der Waals surface area contributed by atoms with Crippen molar-refractivity contribution >= 4 is 17.7 Å². The lowest BCUT2D eigenvalue weighted by Gasteiger charge is -2.28. The highest BCUT2D eigenvalue weighted by Gasteiger charge is 2.37. The number of carbonyl (C=O) groups excluding carboxylic acids is 1. The van der Waals surface area contributed by atoms with Gasteiger partial charge in [0.25, 0.3) is 0 Å². The first kappa shape index (κ1) is 16.2. The van der Waals surface area contributed by atoms with Crippen LogP contribution in [-0.4, -0.2) is 26.8 Å². The number of carboxylic acids is 1. The number of aromatic nitrogens is 2. The Hall–Kier alpha value is -2.63. The Kier molecular flexibility index (Phi) is 3.70. The van der Waals surface area contributed by atoms with Crippen LogP contribution in [0.2, 0.25) is 0 Å². The minimum atomic E-state index is -0.987. The molecular formula is C18H21N3O3. The van der Waals surface area contributed by atoms with E-state index in [1.54, 1.807) is 36.0 Å². The van der Waals surface area contributed by atoms with E-state index < -0.39 is 5.97 Å². The molecule has 2 heterocycles. The Morgan fingerprint density at radius 1 is 1.33 bits per heavy atom. The second kappa shape index (κ2) is 5.47. The van der Waals surface area contributed by atoms with Gasteiger partial charge in [-0.25, -0.2) is 4.79 Å². The van der Waals surface area contributed by atoms with Crippen molar-refractivity contribution in [3.05, 3.63) is 46.6 Å². The molecule has 6 nitrogen and oxygen atoms in total. The number of carbonyl (C=O) groups is 2. The number of rotatable bonds is 2. The van der Waals surface area contributed by atoms with E-state index in [1.165, 1.54) is 0 Å². The van der Waals surface area contributed by atoms with Gasteiger partial charge >= 0.3 is 5.97 Å². The molecule has 0 bridgehead atoms. The van der Waals surface area contributed by atoms with Crippen molar-refractivity contribution in [2.75, 3.05) is 5.32 Å². The fourth-order valence-corrected chi connectivity index (χ4v) is 3.30. The van der Waals surface area contributed by atoms with E-state index in [0.29, 0.717) is 11.4 Å². The lowest BCUT2D eigenvalue weighted by molar-refractivity contribution is -0.116. The van der Waals surface area contributed by atoms with Gasteiger partial charge in [-0.15, -0.1) is 0 Å². The van der Waals surface area contributed by atoms with Gasteiger partial charge < -0.3 is 10.4 Å². The maximum absolute atomic E-state index is 12.2. The van der Waals surface area contributed by atoms with Crippen molar-refractivity contribution in [1.82, 2.24) is 9.78 Å². The fraction of sp³-hybridized carbons (Fsp3) is 0.389. The number of hydrogen-bond acceptors (Lipinski definition) is 3. The topological polar surface area (TPSA) is 84.2 Å². The third-order valence-electron chi connectivity index (χ3n) is 4.36. The molecule has 126 valence electrons. The molecule has 1 aliphatic rings. The summed E-state index contributed by atoms with van der Waals surface area (Å²) in [5, 5.41) is 17.0. The maximum atomic E-state index is 12.2. The van der Waals surface area contributed by atoms with E-state index in [-0.39, 0.29) is 29.2 Å². The second-order valence-corrected chi connectivity index (χ2v) is 7.18. The first-order chi connectivity index (χ1) is 11.2. The Labute approximate surface area is 140 Å². The van der Waals surface area contributed by atoms with Crippen LogP contribution in [0.4, 0.5) is 5.82 Å². The van der Waals surface area contributed by atoms with Crippen LogP contribution in [0, 0.1) is 0 Å². The standard InChI is InChI=1S/C18H21N3O3/c1-18(2,3)15-14-12(9-13(22)19-16(14)21(4)20-15)10-7-5-6-8-11(10)17(23)24/h5-8,12H,9H2,1-4H3,(H,19,22)(H,23,24). The van der Waals surface area contributed by atoms with Gasteiger partial charge in [0, 0.05) is 30.4 Å². The number of fused-ring (bicyclic) bond motifs is 1. The van der Waals surface area contributed by atoms with Crippen LogP contribution in [0.1, 0.15) is 60.3 Å². The third-order valence-corrected chi connectivity index (χ3v) is 4.36. The van der Waals surface area contributed by atoms with Gasteiger partial charge in [-0.2, -0.15) is 5.10 Å². The lowest BCUT2D eigenvalue weighted by Crippen LogP contribution is -2.27. The van der Waals surface area contributed by atoms with E-state index in [2.05, 4.69) is 31.2 Å². The SMILES string of the molecule is Cn1nc(C(C)(C)C)c2c1NC(=O)CC2c1ccccc1C(=O)O. The predicted molar refractivity (Wildman–Crippen MR) is 90.4 cm³/mol. The molecular weight excluding hydrogens is 306 g/mol. The Morgan fingerprint density at radius 2 is 2.00 bits per heavy atom. The molecule has 1 aromatic carbocycles. The van der Waals surface area contributed by atoms with Crippen molar-refractivity contribution in [2.45, 2.75) is 38.5 Å². The summed E-state index contributed by atoms with van der Waals surface area (Å²) >= 11 is 0. The van der Waals surface area contributed by atoms with Crippen LogP contribution in [0.3, 0.4) is 0 Å². The van der Waals surface area contributed by atoms with Crippen molar-refractivity contribution in [2.24, 2.45) is 7.05 Å². The van der Waals surface area contributed by atoms with Crippen molar-refractivity contribution < 1.29 is 14.7 Å². The first-order valence-electron chi connectivity index (χ1n) is 7.89. The lowest BCUT2D eigenvalue weighted by atomic mass is 9.78. The minimum Gasteiger partial charge on any atom is -0.478 e. The molecule has 1 atom stereocenters. The highest BCUT2D eigenvalue weighted by molar-refractivity contribution is 5.96. The Bertz CT molecular complexity index is 831. The summed E-state index contributed by atoms with van der Waals surface area (Å²) < 4.78 is 1.67. The van der Waals surface area contributed by atoms with Gasteiger partial charge in [-0.3, -0.25) is 9.48 Å². The van der Waals surface area contributed by atoms with E-state index in [4.69, 9.17) is 0 Å². The molecule has 6 heteroatoms. The first-order valence-corrected chi connectivity index (χ1v) is 7.89. The van der Waals surface area contributed by atoms with Crippen LogP contribution >= 0.6 is 0 Å². The zero-order valence-electron chi connectivity index (χ0n) is 14.3. The fourth-order valence-electron chi connectivity index (χ4n) is 3.30. The smallest absolute Gasteiger partial charge is 0.335 e.